The van der Waals surface area contributed by atoms with Crippen molar-refractivity contribution in [3.8, 4) is 6.07 Å². The fourth-order valence-corrected chi connectivity index (χ4v) is 1.72. The highest BCUT2D eigenvalue weighted by molar-refractivity contribution is 5.66. The zero-order valence-electron chi connectivity index (χ0n) is 10.8. The monoisotopic (exact) mass is 232 g/mol. The Morgan fingerprint density at radius 2 is 2.24 bits per heavy atom. The van der Waals surface area contributed by atoms with Crippen LogP contribution in [0.5, 0.6) is 0 Å². The van der Waals surface area contributed by atoms with E-state index in [4.69, 9.17) is 11.0 Å². The number of pyridine rings is 1. The van der Waals surface area contributed by atoms with E-state index < -0.39 is 0 Å². The third-order valence-corrected chi connectivity index (χ3v) is 2.57. The van der Waals surface area contributed by atoms with Crippen molar-refractivity contribution in [1.82, 2.24) is 4.98 Å². The zero-order chi connectivity index (χ0) is 12.8. The van der Waals surface area contributed by atoms with Gasteiger partial charge in [-0.3, -0.25) is 0 Å². The first-order valence-corrected chi connectivity index (χ1v) is 5.89. The van der Waals surface area contributed by atoms with Crippen molar-refractivity contribution >= 4 is 11.5 Å². The second kappa shape index (κ2) is 6.09. The van der Waals surface area contributed by atoms with Gasteiger partial charge in [-0.05, 0) is 24.5 Å². The molecular formula is C13H20N4. The van der Waals surface area contributed by atoms with E-state index in [0.717, 1.165) is 17.9 Å². The van der Waals surface area contributed by atoms with Crippen molar-refractivity contribution in [2.75, 3.05) is 23.7 Å². The summed E-state index contributed by atoms with van der Waals surface area (Å²) in [7, 11) is 0. The van der Waals surface area contributed by atoms with Crippen LogP contribution in [-0.2, 0) is 0 Å². The van der Waals surface area contributed by atoms with E-state index in [0.29, 0.717) is 24.6 Å². The van der Waals surface area contributed by atoms with Gasteiger partial charge >= 0.3 is 0 Å². The van der Waals surface area contributed by atoms with Crippen molar-refractivity contribution in [3.63, 3.8) is 0 Å². The van der Waals surface area contributed by atoms with Gasteiger partial charge in [0.15, 0.2) is 5.82 Å². The first kappa shape index (κ1) is 13.3. The summed E-state index contributed by atoms with van der Waals surface area (Å²) in [6.07, 6.45) is 2.25. The first-order chi connectivity index (χ1) is 8.06. The van der Waals surface area contributed by atoms with Gasteiger partial charge in [-0.2, -0.15) is 5.26 Å². The van der Waals surface area contributed by atoms with Crippen LogP contribution >= 0.6 is 0 Å². The number of anilines is 2. The number of hydrogen-bond donors (Lipinski definition) is 1. The van der Waals surface area contributed by atoms with Gasteiger partial charge in [0.1, 0.15) is 0 Å². The Bertz CT molecular complexity index is 406. The second-order valence-electron chi connectivity index (χ2n) is 4.61. The van der Waals surface area contributed by atoms with E-state index in [1.54, 1.807) is 6.20 Å². The minimum Gasteiger partial charge on any atom is -0.396 e. The van der Waals surface area contributed by atoms with Gasteiger partial charge in [0.05, 0.1) is 18.2 Å². The molecule has 4 nitrogen and oxygen atoms in total. The summed E-state index contributed by atoms with van der Waals surface area (Å²) >= 11 is 0. The highest BCUT2D eigenvalue weighted by atomic mass is 15.2. The number of nitriles is 1. The molecule has 0 saturated carbocycles. The fraction of sp³-hybridized carbons (Fsp3) is 0.538. The van der Waals surface area contributed by atoms with Gasteiger partial charge in [-0.25, -0.2) is 4.98 Å². The first-order valence-electron chi connectivity index (χ1n) is 5.89. The Kier molecular flexibility index (Phi) is 4.77. The summed E-state index contributed by atoms with van der Waals surface area (Å²) in [6, 6.07) is 4.06. The van der Waals surface area contributed by atoms with Gasteiger partial charge in [0.2, 0.25) is 0 Å². The number of nitrogen functional groups attached to an aromatic ring is 1. The number of aromatic nitrogens is 1. The summed E-state index contributed by atoms with van der Waals surface area (Å²) in [5, 5.41) is 8.69. The summed E-state index contributed by atoms with van der Waals surface area (Å²) in [6.45, 7) is 7.80. The van der Waals surface area contributed by atoms with Gasteiger partial charge in [-0.1, -0.05) is 13.8 Å². The van der Waals surface area contributed by atoms with Crippen molar-refractivity contribution in [2.45, 2.75) is 27.2 Å². The molecule has 0 radical (unpaired) electrons. The van der Waals surface area contributed by atoms with Gasteiger partial charge in [0.25, 0.3) is 0 Å². The van der Waals surface area contributed by atoms with E-state index in [1.807, 2.05) is 13.0 Å². The Balaban J connectivity index is 2.95. The van der Waals surface area contributed by atoms with Gasteiger partial charge in [0, 0.05) is 19.3 Å². The molecular weight excluding hydrogens is 212 g/mol. The van der Waals surface area contributed by atoms with Crippen LogP contribution in [0.3, 0.4) is 0 Å². The Hall–Kier alpha value is -1.76. The van der Waals surface area contributed by atoms with Crippen LogP contribution in [0.2, 0.25) is 0 Å². The largest absolute Gasteiger partial charge is 0.396 e. The molecule has 1 heterocycles. The number of nitrogens with zero attached hydrogens (tertiary/aromatic N) is 3. The summed E-state index contributed by atoms with van der Waals surface area (Å²) < 4.78 is 0. The van der Waals surface area contributed by atoms with Crippen LogP contribution in [0.1, 0.15) is 25.8 Å². The van der Waals surface area contributed by atoms with E-state index in [2.05, 4.69) is 29.8 Å². The van der Waals surface area contributed by atoms with Crippen molar-refractivity contribution < 1.29 is 0 Å². The highest BCUT2D eigenvalue weighted by Gasteiger charge is 2.13. The van der Waals surface area contributed by atoms with Crippen LogP contribution in [0.15, 0.2) is 12.3 Å². The number of rotatable bonds is 5. The standard InChI is InChI=1S/C13H20N4/c1-10(2)9-17(8-4-6-14)13-12(15)11(3)5-7-16-13/h5,7,10H,4,8-9,15H2,1-3H3. The summed E-state index contributed by atoms with van der Waals surface area (Å²) in [5.41, 5.74) is 7.79. The van der Waals surface area contributed by atoms with Crippen LogP contribution < -0.4 is 10.6 Å². The Morgan fingerprint density at radius 1 is 1.53 bits per heavy atom. The van der Waals surface area contributed by atoms with Crippen molar-refractivity contribution in [2.24, 2.45) is 5.92 Å². The smallest absolute Gasteiger partial charge is 0.152 e. The lowest BCUT2D eigenvalue weighted by atomic mass is 10.1. The molecule has 1 rings (SSSR count). The number of hydrogen-bond acceptors (Lipinski definition) is 4. The van der Waals surface area contributed by atoms with Gasteiger partial charge < -0.3 is 10.6 Å². The third-order valence-electron chi connectivity index (χ3n) is 2.57. The molecule has 0 aliphatic heterocycles. The van der Waals surface area contributed by atoms with Crippen LogP contribution in [0.4, 0.5) is 11.5 Å². The quantitative estimate of drug-likeness (QED) is 0.846. The Labute approximate surface area is 103 Å². The van der Waals surface area contributed by atoms with E-state index in [1.165, 1.54) is 0 Å². The molecule has 17 heavy (non-hydrogen) atoms. The van der Waals surface area contributed by atoms with Crippen molar-refractivity contribution in [3.05, 3.63) is 17.8 Å². The topological polar surface area (TPSA) is 65.9 Å². The molecule has 0 atom stereocenters. The molecule has 1 aromatic rings. The average Bonchev–Trinajstić information content (AvgIpc) is 2.28. The molecule has 2 N–H and O–H groups in total. The van der Waals surface area contributed by atoms with Crippen LogP contribution in [-0.4, -0.2) is 18.1 Å². The highest BCUT2D eigenvalue weighted by Crippen LogP contribution is 2.24. The average molecular weight is 232 g/mol. The molecule has 0 fully saturated rings. The summed E-state index contributed by atoms with van der Waals surface area (Å²) in [5.74, 6) is 1.31. The minimum atomic E-state index is 0.488. The van der Waals surface area contributed by atoms with E-state index in [-0.39, 0.29) is 0 Å². The predicted molar refractivity (Wildman–Crippen MR) is 70.7 cm³/mol. The molecule has 0 aliphatic carbocycles. The lowest BCUT2D eigenvalue weighted by molar-refractivity contribution is 0.608. The maximum Gasteiger partial charge on any atom is 0.152 e. The minimum absolute atomic E-state index is 0.488. The third kappa shape index (κ3) is 3.63. The molecule has 0 saturated heterocycles. The van der Waals surface area contributed by atoms with Gasteiger partial charge in [-0.15, -0.1) is 0 Å². The molecule has 0 bridgehead atoms. The Morgan fingerprint density at radius 3 is 2.82 bits per heavy atom. The predicted octanol–water partition coefficient (Wildman–Crippen LogP) is 2.35. The maximum absolute atomic E-state index is 8.69. The van der Waals surface area contributed by atoms with Crippen LogP contribution in [0.25, 0.3) is 0 Å². The lowest BCUT2D eigenvalue weighted by Crippen LogP contribution is -2.30. The lowest BCUT2D eigenvalue weighted by Gasteiger charge is -2.26. The molecule has 0 aromatic carbocycles. The number of nitrogens with two attached hydrogens (primary N) is 1. The molecule has 1 aromatic heterocycles. The van der Waals surface area contributed by atoms with Crippen LogP contribution in [0, 0.1) is 24.2 Å². The van der Waals surface area contributed by atoms with E-state index in [9.17, 15) is 0 Å². The number of aryl methyl sites for hydroxylation is 1. The molecule has 0 spiro atoms. The van der Waals surface area contributed by atoms with E-state index >= 15 is 0 Å². The zero-order valence-corrected chi connectivity index (χ0v) is 10.8. The SMILES string of the molecule is Cc1ccnc(N(CCC#N)CC(C)C)c1N. The summed E-state index contributed by atoms with van der Waals surface area (Å²) in [4.78, 5) is 6.43. The molecule has 0 unspecified atom stereocenters. The van der Waals surface area contributed by atoms with Crippen molar-refractivity contribution in [1.29, 1.82) is 5.26 Å². The fourth-order valence-electron chi connectivity index (χ4n) is 1.72. The second-order valence-corrected chi connectivity index (χ2v) is 4.61. The normalized spacial score (nSPS) is 10.3. The maximum atomic E-state index is 8.69. The molecule has 0 amide bonds. The molecule has 4 heteroatoms. The molecule has 0 aliphatic rings. The molecule has 92 valence electrons.